The second-order valence-corrected chi connectivity index (χ2v) is 5.98. The van der Waals surface area contributed by atoms with E-state index in [4.69, 9.17) is 14.7 Å². The van der Waals surface area contributed by atoms with E-state index >= 15 is 0 Å². The van der Waals surface area contributed by atoms with Crippen LogP contribution in [0.4, 0.5) is 5.82 Å². The largest absolute Gasteiger partial charge is 0.373 e. The van der Waals surface area contributed by atoms with Gasteiger partial charge in [0.2, 0.25) is 0 Å². The lowest BCUT2D eigenvalue weighted by Gasteiger charge is -2.33. The summed E-state index contributed by atoms with van der Waals surface area (Å²) in [4.78, 5) is 14.3. The summed E-state index contributed by atoms with van der Waals surface area (Å²) in [5.41, 5.74) is 2.92. The Morgan fingerprint density at radius 2 is 1.90 bits per heavy atom. The molecule has 0 N–H and O–H groups in total. The van der Waals surface area contributed by atoms with Gasteiger partial charge in [0, 0.05) is 19.6 Å². The van der Waals surface area contributed by atoms with Gasteiger partial charge >= 0.3 is 0 Å². The standard InChI is InChI=1S/C16H20N4O/c1-11-16(18-13-6-4-3-5-12(13)17-11)20-9-14-15(10-20)21-8-7-19(14)2/h3-6,14-15H,7-10H2,1-2H3. The normalized spacial score (nSPS) is 26.3. The molecule has 21 heavy (non-hydrogen) atoms. The highest BCUT2D eigenvalue weighted by molar-refractivity contribution is 5.76. The molecule has 2 fully saturated rings. The molecule has 0 amide bonds. The average Bonchev–Trinajstić information content (AvgIpc) is 2.92. The molecule has 0 spiro atoms. The van der Waals surface area contributed by atoms with Crippen molar-refractivity contribution < 1.29 is 4.74 Å². The highest BCUT2D eigenvalue weighted by Gasteiger charge is 2.39. The zero-order chi connectivity index (χ0) is 14.4. The van der Waals surface area contributed by atoms with E-state index < -0.39 is 0 Å². The van der Waals surface area contributed by atoms with E-state index in [1.54, 1.807) is 0 Å². The van der Waals surface area contributed by atoms with Crippen molar-refractivity contribution in [2.75, 3.05) is 38.2 Å². The molecule has 0 saturated carbocycles. The van der Waals surface area contributed by atoms with Gasteiger partial charge in [-0.2, -0.15) is 0 Å². The van der Waals surface area contributed by atoms with E-state index in [1.807, 2.05) is 31.2 Å². The number of ether oxygens (including phenoxy) is 1. The van der Waals surface area contributed by atoms with Crippen LogP contribution in [0.15, 0.2) is 24.3 Å². The number of nitrogens with zero attached hydrogens (tertiary/aromatic N) is 4. The van der Waals surface area contributed by atoms with Gasteiger partial charge in [0.15, 0.2) is 5.82 Å². The lowest BCUT2D eigenvalue weighted by Crippen LogP contribution is -2.48. The maximum Gasteiger partial charge on any atom is 0.150 e. The molecule has 0 bridgehead atoms. The van der Waals surface area contributed by atoms with E-state index in [-0.39, 0.29) is 6.10 Å². The van der Waals surface area contributed by atoms with Gasteiger partial charge in [-0.15, -0.1) is 0 Å². The number of rotatable bonds is 1. The number of hydrogen-bond acceptors (Lipinski definition) is 5. The molecule has 2 aliphatic rings. The first-order valence-electron chi connectivity index (χ1n) is 7.52. The molecule has 0 aliphatic carbocycles. The lowest BCUT2D eigenvalue weighted by atomic mass is 10.1. The number of hydrogen-bond donors (Lipinski definition) is 0. The Balaban J connectivity index is 1.69. The van der Waals surface area contributed by atoms with Gasteiger partial charge in [-0.1, -0.05) is 12.1 Å². The quantitative estimate of drug-likeness (QED) is 0.793. The summed E-state index contributed by atoms with van der Waals surface area (Å²) < 4.78 is 5.92. The van der Waals surface area contributed by atoms with Gasteiger partial charge in [-0.3, -0.25) is 4.90 Å². The number of aryl methyl sites for hydroxylation is 1. The number of aromatic nitrogens is 2. The van der Waals surface area contributed by atoms with Crippen molar-refractivity contribution in [2.24, 2.45) is 0 Å². The molecule has 5 nitrogen and oxygen atoms in total. The van der Waals surface area contributed by atoms with E-state index in [9.17, 15) is 0 Å². The third kappa shape index (κ3) is 2.17. The zero-order valence-electron chi connectivity index (χ0n) is 12.5. The lowest BCUT2D eigenvalue weighted by molar-refractivity contribution is -0.0362. The highest BCUT2D eigenvalue weighted by Crippen LogP contribution is 2.28. The second-order valence-electron chi connectivity index (χ2n) is 5.98. The summed E-state index contributed by atoms with van der Waals surface area (Å²) >= 11 is 0. The van der Waals surface area contributed by atoms with Crippen molar-refractivity contribution in [1.82, 2.24) is 14.9 Å². The topological polar surface area (TPSA) is 41.5 Å². The molecule has 110 valence electrons. The molecule has 4 rings (SSSR count). The van der Waals surface area contributed by atoms with Crippen LogP contribution in [0, 0.1) is 6.92 Å². The first-order chi connectivity index (χ1) is 10.2. The zero-order valence-corrected chi connectivity index (χ0v) is 12.5. The molecule has 0 radical (unpaired) electrons. The van der Waals surface area contributed by atoms with E-state index in [2.05, 4.69) is 16.8 Å². The Hall–Kier alpha value is -1.72. The van der Waals surface area contributed by atoms with Gasteiger partial charge in [0.1, 0.15) is 0 Å². The van der Waals surface area contributed by atoms with Crippen LogP contribution in [-0.2, 0) is 4.74 Å². The van der Waals surface area contributed by atoms with Crippen LogP contribution in [0.2, 0.25) is 0 Å². The minimum Gasteiger partial charge on any atom is -0.373 e. The van der Waals surface area contributed by atoms with E-state index in [0.29, 0.717) is 6.04 Å². The van der Waals surface area contributed by atoms with Gasteiger partial charge < -0.3 is 9.64 Å². The van der Waals surface area contributed by atoms with E-state index in [1.165, 1.54) is 0 Å². The summed E-state index contributed by atoms with van der Waals surface area (Å²) in [5, 5.41) is 0. The minimum absolute atomic E-state index is 0.288. The number of para-hydroxylation sites is 2. The first-order valence-corrected chi connectivity index (χ1v) is 7.52. The number of likely N-dealkylation sites (N-methyl/N-ethyl adjacent to an activating group) is 1. The Morgan fingerprint density at radius 3 is 2.67 bits per heavy atom. The van der Waals surface area contributed by atoms with Crippen LogP contribution in [0.5, 0.6) is 0 Å². The number of benzene rings is 1. The van der Waals surface area contributed by atoms with Crippen LogP contribution >= 0.6 is 0 Å². The smallest absolute Gasteiger partial charge is 0.150 e. The molecule has 2 atom stereocenters. The first kappa shape index (κ1) is 13.0. The van der Waals surface area contributed by atoms with Gasteiger partial charge in [-0.05, 0) is 26.1 Å². The third-order valence-corrected chi connectivity index (χ3v) is 4.60. The molecule has 2 unspecified atom stereocenters. The molecule has 1 aromatic carbocycles. The van der Waals surface area contributed by atoms with E-state index in [0.717, 1.165) is 48.8 Å². The second kappa shape index (κ2) is 4.93. The monoisotopic (exact) mass is 284 g/mol. The predicted octanol–water partition coefficient (Wildman–Crippen LogP) is 1.46. The number of morpholine rings is 1. The van der Waals surface area contributed by atoms with Crippen molar-refractivity contribution in [2.45, 2.75) is 19.1 Å². The van der Waals surface area contributed by atoms with Crippen LogP contribution < -0.4 is 4.90 Å². The summed E-state index contributed by atoms with van der Waals surface area (Å²) in [6.07, 6.45) is 0.288. The molecule has 3 heterocycles. The molecule has 1 aromatic heterocycles. The Labute approximate surface area is 124 Å². The highest BCUT2D eigenvalue weighted by atomic mass is 16.5. The molecule has 5 heteroatoms. The fourth-order valence-corrected chi connectivity index (χ4v) is 3.41. The summed E-state index contributed by atoms with van der Waals surface area (Å²) in [7, 11) is 2.18. The van der Waals surface area contributed by atoms with Gasteiger partial charge in [0.25, 0.3) is 0 Å². The summed E-state index contributed by atoms with van der Waals surface area (Å²) in [5.74, 6) is 1.00. The van der Waals surface area contributed by atoms with Crippen LogP contribution in [0.25, 0.3) is 11.0 Å². The molecule has 2 aliphatic heterocycles. The molecular weight excluding hydrogens is 264 g/mol. The fourth-order valence-electron chi connectivity index (χ4n) is 3.41. The van der Waals surface area contributed by atoms with Crippen LogP contribution in [0.1, 0.15) is 5.69 Å². The minimum atomic E-state index is 0.288. The Bertz CT molecular complexity index is 674. The SMILES string of the molecule is Cc1nc2ccccc2nc1N1CC2OCCN(C)C2C1. The van der Waals surface area contributed by atoms with Crippen molar-refractivity contribution >= 4 is 16.9 Å². The fraction of sp³-hybridized carbons (Fsp3) is 0.500. The maximum absolute atomic E-state index is 5.92. The van der Waals surface area contributed by atoms with Gasteiger partial charge in [0.05, 0.1) is 35.5 Å². The van der Waals surface area contributed by atoms with Crippen LogP contribution in [-0.4, -0.2) is 60.3 Å². The third-order valence-electron chi connectivity index (χ3n) is 4.60. The molecular formula is C16H20N4O. The molecule has 2 aromatic rings. The van der Waals surface area contributed by atoms with Crippen molar-refractivity contribution in [1.29, 1.82) is 0 Å². The van der Waals surface area contributed by atoms with Crippen molar-refractivity contribution in [3.63, 3.8) is 0 Å². The predicted molar refractivity (Wildman–Crippen MR) is 82.6 cm³/mol. The summed E-state index contributed by atoms with van der Waals surface area (Å²) in [6.45, 7) is 5.75. The Kier molecular flexibility index (Phi) is 3.05. The Morgan fingerprint density at radius 1 is 1.14 bits per heavy atom. The molecule has 2 saturated heterocycles. The summed E-state index contributed by atoms with van der Waals surface area (Å²) in [6, 6.07) is 8.52. The average molecular weight is 284 g/mol. The van der Waals surface area contributed by atoms with Crippen LogP contribution in [0.3, 0.4) is 0 Å². The van der Waals surface area contributed by atoms with Crippen molar-refractivity contribution in [3.05, 3.63) is 30.0 Å². The van der Waals surface area contributed by atoms with Crippen molar-refractivity contribution in [3.8, 4) is 0 Å². The van der Waals surface area contributed by atoms with Gasteiger partial charge in [-0.25, -0.2) is 9.97 Å². The number of anilines is 1. The number of fused-ring (bicyclic) bond motifs is 2. The maximum atomic E-state index is 5.92.